The van der Waals surface area contributed by atoms with Gasteiger partial charge in [0.05, 0.1) is 6.10 Å². The number of amides is 1. The molecule has 7 nitrogen and oxygen atoms in total. The average Bonchev–Trinajstić information content (AvgIpc) is 3.52. The molecule has 0 radical (unpaired) electrons. The summed E-state index contributed by atoms with van der Waals surface area (Å²) < 4.78 is 49.7. The summed E-state index contributed by atoms with van der Waals surface area (Å²) in [6.45, 7) is 1.09. The van der Waals surface area contributed by atoms with Gasteiger partial charge in [-0.2, -0.15) is 13.2 Å². The van der Waals surface area contributed by atoms with Crippen LogP contribution in [0.3, 0.4) is 0 Å². The normalized spacial score (nSPS) is 18.1. The molecule has 1 N–H and O–H groups in total. The molecule has 2 aliphatic rings. The van der Waals surface area contributed by atoms with E-state index in [-0.39, 0.29) is 12.6 Å². The van der Waals surface area contributed by atoms with Gasteiger partial charge in [-0.05, 0) is 49.8 Å². The third-order valence-electron chi connectivity index (χ3n) is 6.32. The highest BCUT2D eigenvalue weighted by Crippen LogP contribution is 2.41. The van der Waals surface area contributed by atoms with Crippen LogP contribution in [0.25, 0.3) is 10.6 Å². The van der Waals surface area contributed by atoms with Gasteiger partial charge in [0.1, 0.15) is 17.4 Å². The molecule has 3 heterocycles. The molecule has 2 fully saturated rings. The van der Waals surface area contributed by atoms with Gasteiger partial charge in [-0.25, -0.2) is 15.0 Å². The number of alkyl halides is 3. The molecule has 1 atom stereocenters. The highest BCUT2D eigenvalue weighted by Gasteiger charge is 2.34. The summed E-state index contributed by atoms with van der Waals surface area (Å²) >= 11 is 1.62. The average molecular weight is 519 g/mol. The fourth-order valence-corrected chi connectivity index (χ4v) is 5.15. The highest BCUT2D eigenvalue weighted by atomic mass is 32.1. The predicted octanol–water partition coefficient (Wildman–Crippen LogP) is 5.37. The Labute approximate surface area is 210 Å². The molecule has 1 saturated heterocycles. The van der Waals surface area contributed by atoms with Crippen LogP contribution >= 0.6 is 11.3 Å². The van der Waals surface area contributed by atoms with Gasteiger partial charge >= 0.3 is 6.18 Å². The number of halogens is 3. The maximum absolute atomic E-state index is 13.0. The van der Waals surface area contributed by atoms with Crippen molar-refractivity contribution in [2.24, 2.45) is 0 Å². The Hall–Kier alpha value is -3.05. The number of carbonyl (C=O) groups excluding carboxylic acids is 1. The van der Waals surface area contributed by atoms with Crippen molar-refractivity contribution in [1.82, 2.24) is 20.3 Å². The van der Waals surface area contributed by atoms with Crippen LogP contribution in [0.2, 0.25) is 0 Å². The standard InChI is InChI=1S/C25H25F3N4O3S/c26-25(27,28)24-31-11-15(12-32-24)10-29-22(33)17-7-18(23-30-13-21(36-23)16-3-1-4-16)9-20(8-17)35-14-19-5-2-6-34-19/h7-9,11-13,16,19H,1-6,10,14H2,(H,29,33). The number of carbonyl (C=O) groups is 1. The molecular weight excluding hydrogens is 493 g/mol. The second-order valence-corrected chi connectivity index (χ2v) is 10.0. The van der Waals surface area contributed by atoms with Crippen LogP contribution in [0.15, 0.2) is 36.8 Å². The second kappa shape index (κ2) is 10.5. The Balaban J connectivity index is 1.32. The van der Waals surface area contributed by atoms with E-state index in [4.69, 9.17) is 9.47 Å². The van der Waals surface area contributed by atoms with Gasteiger partial charge in [0.2, 0.25) is 5.82 Å². The topological polar surface area (TPSA) is 86.2 Å². The van der Waals surface area contributed by atoms with Gasteiger partial charge in [-0.1, -0.05) is 6.42 Å². The van der Waals surface area contributed by atoms with Crippen LogP contribution in [-0.2, 0) is 17.5 Å². The van der Waals surface area contributed by atoms with Gasteiger partial charge in [0.15, 0.2) is 0 Å². The second-order valence-electron chi connectivity index (χ2n) is 8.98. The van der Waals surface area contributed by atoms with Crippen LogP contribution in [0.5, 0.6) is 5.75 Å². The maximum atomic E-state index is 13.0. The van der Waals surface area contributed by atoms with E-state index in [0.29, 0.717) is 29.4 Å². The molecule has 11 heteroatoms. The lowest BCUT2D eigenvalue weighted by Gasteiger charge is -2.23. The fourth-order valence-electron chi connectivity index (χ4n) is 4.08. The van der Waals surface area contributed by atoms with Crippen molar-refractivity contribution in [2.45, 2.75) is 56.8 Å². The largest absolute Gasteiger partial charge is 0.491 e. The van der Waals surface area contributed by atoms with E-state index in [1.165, 1.54) is 24.1 Å². The summed E-state index contributed by atoms with van der Waals surface area (Å²) in [4.78, 5) is 25.5. The predicted molar refractivity (Wildman–Crippen MR) is 127 cm³/mol. The summed E-state index contributed by atoms with van der Waals surface area (Å²) in [6, 6.07) is 5.28. The zero-order valence-corrected chi connectivity index (χ0v) is 20.2. The lowest BCUT2D eigenvalue weighted by Crippen LogP contribution is -2.23. The zero-order chi connectivity index (χ0) is 25.1. The van der Waals surface area contributed by atoms with Crippen molar-refractivity contribution in [3.8, 4) is 16.3 Å². The number of rotatable bonds is 8. The minimum Gasteiger partial charge on any atom is -0.491 e. The Morgan fingerprint density at radius 1 is 1.08 bits per heavy atom. The summed E-state index contributed by atoms with van der Waals surface area (Å²) in [5, 5.41) is 3.53. The first-order valence-electron chi connectivity index (χ1n) is 11.9. The number of hydrogen-bond acceptors (Lipinski definition) is 7. The van der Waals surface area contributed by atoms with Gasteiger partial charge in [-0.3, -0.25) is 4.79 Å². The Bertz CT molecular complexity index is 1210. The molecule has 1 aliphatic heterocycles. The quantitative estimate of drug-likeness (QED) is 0.431. The minimum atomic E-state index is -4.61. The lowest BCUT2D eigenvalue weighted by molar-refractivity contribution is -0.145. The van der Waals surface area contributed by atoms with Gasteiger partial charge in [0.25, 0.3) is 5.91 Å². The summed E-state index contributed by atoms with van der Waals surface area (Å²) in [5.74, 6) is -0.521. The van der Waals surface area contributed by atoms with E-state index in [1.807, 2.05) is 12.3 Å². The molecule has 1 unspecified atom stereocenters. The number of nitrogens with zero attached hydrogens (tertiary/aromatic N) is 3. The van der Waals surface area contributed by atoms with Gasteiger partial charge in [0, 0.05) is 53.3 Å². The zero-order valence-electron chi connectivity index (χ0n) is 19.4. The summed E-state index contributed by atoms with van der Waals surface area (Å²) in [5.41, 5.74) is 1.49. The minimum absolute atomic E-state index is 0.0175. The van der Waals surface area contributed by atoms with E-state index in [1.54, 1.807) is 23.5 Å². The number of ether oxygens (including phenoxy) is 2. The van der Waals surface area contributed by atoms with E-state index in [2.05, 4.69) is 20.3 Å². The van der Waals surface area contributed by atoms with E-state index in [9.17, 15) is 18.0 Å². The molecule has 190 valence electrons. The smallest absolute Gasteiger partial charge is 0.451 e. The molecule has 1 amide bonds. The lowest BCUT2D eigenvalue weighted by atomic mass is 9.85. The summed E-state index contributed by atoms with van der Waals surface area (Å²) in [6.07, 6.45) is 4.94. The summed E-state index contributed by atoms with van der Waals surface area (Å²) in [7, 11) is 0. The maximum Gasteiger partial charge on any atom is 0.451 e. The van der Waals surface area contributed by atoms with E-state index < -0.39 is 17.9 Å². The number of benzene rings is 1. The Kier molecular flexibility index (Phi) is 7.20. The number of nitrogens with one attached hydrogen (secondary N) is 1. The van der Waals surface area contributed by atoms with Gasteiger partial charge in [-0.15, -0.1) is 11.3 Å². The molecule has 5 rings (SSSR count). The first-order valence-corrected chi connectivity index (χ1v) is 12.7. The van der Waals surface area contributed by atoms with Crippen molar-refractivity contribution >= 4 is 17.2 Å². The molecule has 0 spiro atoms. The SMILES string of the molecule is O=C(NCc1cnc(C(F)(F)F)nc1)c1cc(OCC2CCCO2)cc(-c2ncc(C3CCC3)s2)c1. The molecule has 2 aromatic heterocycles. The van der Waals surface area contributed by atoms with Crippen molar-refractivity contribution in [2.75, 3.05) is 13.2 Å². The molecule has 1 aromatic carbocycles. The molecule has 1 saturated carbocycles. The van der Waals surface area contributed by atoms with Crippen molar-refractivity contribution in [1.29, 1.82) is 0 Å². The first kappa shape index (κ1) is 24.6. The first-order chi connectivity index (χ1) is 17.3. The number of thiazole rings is 1. The molecule has 36 heavy (non-hydrogen) atoms. The Morgan fingerprint density at radius 3 is 2.56 bits per heavy atom. The van der Waals surface area contributed by atoms with Crippen molar-refractivity contribution in [3.05, 3.63) is 58.6 Å². The number of aromatic nitrogens is 3. The van der Waals surface area contributed by atoms with E-state index >= 15 is 0 Å². The van der Waals surface area contributed by atoms with Crippen molar-refractivity contribution < 1.29 is 27.4 Å². The highest BCUT2D eigenvalue weighted by molar-refractivity contribution is 7.15. The fraction of sp³-hybridized carbons (Fsp3) is 0.440. The molecule has 1 aliphatic carbocycles. The Morgan fingerprint density at radius 2 is 1.89 bits per heavy atom. The van der Waals surface area contributed by atoms with Gasteiger partial charge < -0.3 is 14.8 Å². The molecule has 0 bridgehead atoms. The van der Waals surface area contributed by atoms with Crippen molar-refractivity contribution in [3.63, 3.8) is 0 Å². The third kappa shape index (κ3) is 5.84. The van der Waals surface area contributed by atoms with Crippen LogP contribution in [0.1, 0.15) is 64.6 Å². The third-order valence-corrected chi connectivity index (χ3v) is 7.53. The van der Waals surface area contributed by atoms with Crippen LogP contribution in [0.4, 0.5) is 13.2 Å². The van der Waals surface area contributed by atoms with Crippen LogP contribution < -0.4 is 10.1 Å². The number of hydrogen-bond donors (Lipinski definition) is 1. The van der Waals surface area contributed by atoms with E-state index in [0.717, 1.165) is 42.4 Å². The van der Waals surface area contributed by atoms with Crippen LogP contribution in [-0.4, -0.2) is 40.2 Å². The molecule has 3 aromatic rings. The monoisotopic (exact) mass is 518 g/mol. The van der Waals surface area contributed by atoms with Crippen LogP contribution in [0, 0.1) is 0 Å². The molecular formula is C25H25F3N4O3S.